The highest BCUT2D eigenvalue weighted by Crippen LogP contribution is 2.31. The predicted molar refractivity (Wildman–Crippen MR) is 56.8 cm³/mol. The number of nitrogens with one attached hydrogen (secondary N) is 2. The zero-order valence-corrected chi connectivity index (χ0v) is 8.50. The Bertz CT molecular complexity index is 382. The van der Waals surface area contributed by atoms with Crippen LogP contribution < -0.4 is 10.6 Å². The van der Waals surface area contributed by atoms with Gasteiger partial charge in [-0.3, -0.25) is 10.1 Å². The highest BCUT2D eigenvalue weighted by Gasteiger charge is 2.19. The molecule has 0 bridgehead atoms. The minimum absolute atomic E-state index is 0.0987. The van der Waals surface area contributed by atoms with Crippen molar-refractivity contribution in [1.29, 1.82) is 0 Å². The lowest BCUT2D eigenvalue weighted by atomic mass is 10.2. The molecule has 0 heterocycles. The van der Waals surface area contributed by atoms with Gasteiger partial charge in [-0.2, -0.15) is 0 Å². The van der Waals surface area contributed by atoms with Gasteiger partial charge in [0.15, 0.2) is 11.5 Å². The molecule has 1 rings (SSSR count). The van der Waals surface area contributed by atoms with Gasteiger partial charge in [-0.25, -0.2) is 4.39 Å². The molecular weight excluding hydrogens is 201 g/mol. The van der Waals surface area contributed by atoms with E-state index in [-0.39, 0.29) is 17.1 Å². The third-order valence-electron chi connectivity index (χ3n) is 1.93. The van der Waals surface area contributed by atoms with Crippen molar-refractivity contribution in [3.05, 3.63) is 28.1 Å². The summed E-state index contributed by atoms with van der Waals surface area (Å²) in [7, 11) is 1.45. The number of hydrogen-bond acceptors (Lipinski definition) is 4. The summed E-state index contributed by atoms with van der Waals surface area (Å²) in [6.07, 6.45) is 0. The Morgan fingerprint density at radius 2 is 2.20 bits per heavy atom. The van der Waals surface area contributed by atoms with E-state index in [0.29, 0.717) is 6.54 Å². The number of nitrogens with zero attached hydrogens (tertiary/aromatic N) is 1. The van der Waals surface area contributed by atoms with Crippen LogP contribution in [0.5, 0.6) is 0 Å². The summed E-state index contributed by atoms with van der Waals surface area (Å²) in [5.74, 6) is -0.631. The van der Waals surface area contributed by atoms with Crippen LogP contribution >= 0.6 is 0 Å². The number of halogens is 1. The number of rotatable bonds is 4. The van der Waals surface area contributed by atoms with Gasteiger partial charge in [0.2, 0.25) is 0 Å². The van der Waals surface area contributed by atoms with Crippen LogP contribution in [0, 0.1) is 15.9 Å². The first-order valence-electron chi connectivity index (χ1n) is 4.50. The number of anilines is 2. The van der Waals surface area contributed by atoms with Gasteiger partial charge in [-0.1, -0.05) is 0 Å². The zero-order chi connectivity index (χ0) is 11.4. The molecule has 1 aromatic carbocycles. The average molecular weight is 213 g/mol. The maximum atomic E-state index is 13.7. The summed E-state index contributed by atoms with van der Waals surface area (Å²) in [6, 6.07) is 2.63. The summed E-state index contributed by atoms with van der Waals surface area (Å²) >= 11 is 0. The average Bonchev–Trinajstić information content (AvgIpc) is 2.20. The molecule has 0 spiro atoms. The quantitative estimate of drug-likeness (QED) is 0.594. The van der Waals surface area contributed by atoms with Gasteiger partial charge in [0.05, 0.1) is 10.6 Å². The van der Waals surface area contributed by atoms with Crippen molar-refractivity contribution in [2.24, 2.45) is 0 Å². The third-order valence-corrected chi connectivity index (χ3v) is 1.93. The predicted octanol–water partition coefficient (Wildman–Crippen LogP) is 2.21. The van der Waals surface area contributed by atoms with Gasteiger partial charge >= 0.3 is 0 Å². The molecule has 0 unspecified atom stereocenters. The van der Waals surface area contributed by atoms with Crippen LogP contribution in [-0.2, 0) is 0 Å². The van der Waals surface area contributed by atoms with E-state index < -0.39 is 10.7 Å². The highest BCUT2D eigenvalue weighted by molar-refractivity contribution is 5.69. The maximum absolute atomic E-state index is 13.7. The highest BCUT2D eigenvalue weighted by atomic mass is 19.1. The lowest BCUT2D eigenvalue weighted by Gasteiger charge is -2.09. The minimum atomic E-state index is -0.631. The normalized spacial score (nSPS) is 9.80. The first-order chi connectivity index (χ1) is 7.11. The summed E-state index contributed by atoms with van der Waals surface area (Å²) < 4.78 is 13.7. The van der Waals surface area contributed by atoms with Crippen molar-refractivity contribution < 1.29 is 9.31 Å². The molecule has 0 amide bonds. The molecule has 15 heavy (non-hydrogen) atoms. The molecule has 0 aliphatic heterocycles. The first kappa shape index (κ1) is 11.2. The van der Waals surface area contributed by atoms with E-state index in [0.717, 1.165) is 0 Å². The Morgan fingerprint density at radius 1 is 1.53 bits per heavy atom. The molecule has 0 saturated heterocycles. The molecule has 82 valence electrons. The van der Waals surface area contributed by atoms with E-state index >= 15 is 0 Å². The van der Waals surface area contributed by atoms with E-state index in [1.54, 1.807) is 0 Å². The Morgan fingerprint density at radius 3 is 2.67 bits per heavy atom. The van der Waals surface area contributed by atoms with E-state index in [9.17, 15) is 14.5 Å². The van der Waals surface area contributed by atoms with E-state index in [1.807, 2.05) is 6.92 Å². The van der Waals surface area contributed by atoms with Crippen molar-refractivity contribution in [1.82, 2.24) is 0 Å². The van der Waals surface area contributed by atoms with Crippen LogP contribution in [0.2, 0.25) is 0 Å². The van der Waals surface area contributed by atoms with E-state index in [4.69, 9.17) is 0 Å². The van der Waals surface area contributed by atoms with Gasteiger partial charge in [-0.05, 0) is 13.0 Å². The molecule has 0 aliphatic carbocycles. The smallest absolute Gasteiger partial charge is 0.295 e. The topological polar surface area (TPSA) is 67.2 Å². The molecule has 5 nitrogen and oxygen atoms in total. The van der Waals surface area contributed by atoms with Crippen molar-refractivity contribution in [3.8, 4) is 0 Å². The fourth-order valence-corrected chi connectivity index (χ4v) is 1.28. The van der Waals surface area contributed by atoms with Crippen LogP contribution in [0.15, 0.2) is 12.1 Å². The lowest BCUT2D eigenvalue weighted by molar-refractivity contribution is -0.384. The number of hydrogen-bond donors (Lipinski definition) is 2. The van der Waals surface area contributed by atoms with Gasteiger partial charge < -0.3 is 10.6 Å². The van der Waals surface area contributed by atoms with Crippen LogP contribution in [-0.4, -0.2) is 18.5 Å². The second kappa shape index (κ2) is 4.59. The Kier molecular flexibility index (Phi) is 3.43. The van der Waals surface area contributed by atoms with Crippen molar-refractivity contribution in [2.45, 2.75) is 6.92 Å². The standard InChI is InChI=1S/C9H12FN3O2/c1-3-12-6-4-5-7(13(14)15)9(11-2)8(6)10/h4-5,11-12H,3H2,1-2H3. The molecule has 0 radical (unpaired) electrons. The molecule has 0 saturated carbocycles. The van der Waals surface area contributed by atoms with Gasteiger partial charge in [0.1, 0.15) is 0 Å². The second-order valence-corrected chi connectivity index (χ2v) is 2.86. The number of nitro groups is 1. The van der Waals surface area contributed by atoms with Crippen LogP contribution in [0.3, 0.4) is 0 Å². The number of benzene rings is 1. The Hall–Kier alpha value is -1.85. The SMILES string of the molecule is CCNc1ccc([N+](=O)[O-])c(NC)c1F. The molecule has 6 heteroatoms. The molecular formula is C9H12FN3O2. The molecule has 2 N–H and O–H groups in total. The summed E-state index contributed by atoms with van der Waals surface area (Å²) in [4.78, 5) is 9.96. The van der Waals surface area contributed by atoms with Crippen LogP contribution in [0.1, 0.15) is 6.92 Å². The second-order valence-electron chi connectivity index (χ2n) is 2.86. The lowest BCUT2D eigenvalue weighted by Crippen LogP contribution is -2.04. The summed E-state index contributed by atoms with van der Waals surface area (Å²) in [5.41, 5.74) is -0.109. The molecule has 0 fully saturated rings. The van der Waals surface area contributed by atoms with Gasteiger partial charge in [0.25, 0.3) is 5.69 Å². The fraction of sp³-hybridized carbons (Fsp3) is 0.333. The van der Waals surface area contributed by atoms with Gasteiger partial charge in [-0.15, -0.1) is 0 Å². The number of nitro benzene ring substituents is 1. The molecule has 0 aliphatic rings. The van der Waals surface area contributed by atoms with Crippen molar-refractivity contribution in [3.63, 3.8) is 0 Å². The van der Waals surface area contributed by atoms with Crippen molar-refractivity contribution >= 4 is 17.1 Å². The maximum Gasteiger partial charge on any atom is 0.295 e. The largest absolute Gasteiger partial charge is 0.383 e. The zero-order valence-electron chi connectivity index (χ0n) is 8.50. The molecule has 0 atom stereocenters. The van der Waals surface area contributed by atoms with E-state index in [2.05, 4.69) is 10.6 Å². The molecule has 1 aromatic rings. The molecule has 0 aromatic heterocycles. The summed E-state index contributed by atoms with van der Waals surface area (Å²) in [6.45, 7) is 2.37. The van der Waals surface area contributed by atoms with Crippen molar-refractivity contribution in [2.75, 3.05) is 24.2 Å². The Balaban J connectivity index is 3.26. The van der Waals surface area contributed by atoms with Gasteiger partial charge in [0, 0.05) is 19.7 Å². The fourth-order valence-electron chi connectivity index (χ4n) is 1.28. The van der Waals surface area contributed by atoms with E-state index in [1.165, 1.54) is 19.2 Å². The van der Waals surface area contributed by atoms with Crippen LogP contribution in [0.4, 0.5) is 21.5 Å². The first-order valence-corrected chi connectivity index (χ1v) is 4.50. The Labute approximate surface area is 86.4 Å². The monoisotopic (exact) mass is 213 g/mol. The van der Waals surface area contributed by atoms with Crippen LogP contribution in [0.25, 0.3) is 0 Å². The summed E-state index contributed by atoms with van der Waals surface area (Å²) in [5, 5.41) is 15.8. The third kappa shape index (κ3) is 2.15. The minimum Gasteiger partial charge on any atom is -0.383 e.